The lowest BCUT2D eigenvalue weighted by Gasteiger charge is -2.27. The van der Waals surface area contributed by atoms with E-state index < -0.39 is 33.2 Å². The molecule has 0 heterocycles. The number of nitrogens with two attached hydrogens (primary N) is 1. The summed E-state index contributed by atoms with van der Waals surface area (Å²) in [5.74, 6) is -1.19. The number of unbranched alkanes of at least 4 members (excludes halogenated alkanes) is 2. The van der Waals surface area contributed by atoms with Gasteiger partial charge in [0.05, 0.1) is 11.8 Å². The first-order valence-corrected chi connectivity index (χ1v) is 13.6. The summed E-state index contributed by atoms with van der Waals surface area (Å²) in [6, 6.07) is -1.35. The quantitative estimate of drug-likeness (QED) is 0.261. The van der Waals surface area contributed by atoms with Crippen molar-refractivity contribution < 1.29 is 27.6 Å². The van der Waals surface area contributed by atoms with Crippen LogP contribution >= 0.6 is 0 Å². The van der Waals surface area contributed by atoms with Crippen LogP contribution in [0.5, 0.6) is 0 Å². The predicted octanol–water partition coefficient (Wildman–Crippen LogP) is 2.89. The van der Waals surface area contributed by atoms with Crippen molar-refractivity contribution in [1.82, 2.24) is 10.6 Å². The lowest BCUT2D eigenvalue weighted by atomic mass is 9.78. The molecule has 0 unspecified atom stereocenters. The van der Waals surface area contributed by atoms with Crippen molar-refractivity contribution in [3.05, 3.63) is 12.0 Å². The Bertz CT molecular complexity index is 815. The number of amides is 3. The average Bonchev–Trinajstić information content (AvgIpc) is 2.72. The largest absolute Gasteiger partial charge is 0.352 e. The minimum absolute atomic E-state index is 0.00335. The number of ketones is 2. The minimum Gasteiger partial charge on any atom is -0.352 e. The maximum Gasteiger partial charge on any atom is 0.312 e. The van der Waals surface area contributed by atoms with E-state index >= 15 is 0 Å². The van der Waals surface area contributed by atoms with Gasteiger partial charge >= 0.3 is 6.03 Å². The van der Waals surface area contributed by atoms with Crippen LogP contribution in [0.2, 0.25) is 0 Å². The van der Waals surface area contributed by atoms with Crippen molar-refractivity contribution in [1.29, 1.82) is 0 Å². The number of carbonyl (C=O) groups excluding carboxylic acids is 4. The summed E-state index contributed by atoms with van der Waals surface area (Å²) in [6.45, 7) is 12.7. The van der Waals surface area contributed by atoms with E-state index in [0.717, 1.165) is 5.41 Å². The standard InChI is InChI=1S/C24H43N3O6S/c1-7-34(32,33)15-10-8-9-13-20(29)27-21(17(2)3)19(28)16-18(22(30)24(4,5)6)12-11-14-26-23(25)31/h7,17-18,21H,1,8-16H2,2-6H3,(H,27,29)(H3,25,26,31)/t18-,21+/m0/s1. The van der Waals surface area contributed by atoms with Crippen LogP contribution in [0, 0.1) is 17.3 Å². The summed E-state index contributed by atoms with van der Waals surface area (Å²) < 4.78 is 22.8. The Morgan fingerprint density at radius 3 is 2.15 bits per heavy atom. The summed E-state index contributed by atoms with van der Waals surface area (Å²) in [7, 11) is -3.24. The number of Topliss-reactive ketones (excluding diaryl/α,β-unsaturated/α-hetero) is 2. The maximum atomic E-state index is 13.1. The highest BCUT2D eigenvalue weighted by Gasteiger charge is 2.33. The predicted molar refractivity (Wildman–Crippen MR) is 134 cm³/mol. The van der Waals surface area contributed by atoms with Crippen LogP contribution in [0.3, 0.4) is 0 Å². The van der Waals surface area contributed by atoms with Crippen LogP contribution in [-0.2, 0) is 24.2 Å². The summed E-state index contributed by atoms with van der Waals surface area (Å²) in [5, 5.41) is 6.21. The Balaban J connectivity index is 4.97. The van der Waals surface area contributed by atoms with Gasteiger partial charge in [0.1, 0.15) is 5.78 Å². The molecule has 0 fully saturated rings. The van der Waals surface area contributed by atoms with E-state index in [2.05, 4.69) is 17.2 Å². The van der Waals surface area contributed by atoms with Gasteiger partial charge in [0.25, 0.3) is 0 Å². The minimum atomic E-state index is -3.24. The Morgan fingerprint density at radius 1 is 1.03 bits per heavy atom. The van der Waals surface area contributed by atoms with Crippen LogP contribution in [0.15, 0.2) is 12.0 Å². The topological polar surface area (TPSA) is 152 Å². The van der Waals surface area contributed by atoms with Gasteiger partial charge in [0, 0.05) is 36.1 Å². The van der Waals surface area contributed by atoms with Gasteiger partial charge in [-0.1, -0.05) is 47.6 Å². The Hall–Kier alpha value is -2.23. The van der Waals surface area contributed by atoms with Crippen LogP contribution in [0.25, 0.3) is 0 Å². The SMILES string of the molecule is C=CS(=O)(=O)CCCCCC(=O)N[C@@H](C(=O)C[C@H](CCCNC(N)=O)C(=O)C(C)(C)C)C(C)C. The molecule has 196 valence electrons. The van der Waals surface area contributed by atoms with Crippen molar-refractivity contribution in [3.8, 4) is 0 Å². The highest BCUT2D eigenvalue weighted by atomic mass is 32.2. The molecule has 0 aliphatic rings. The van der Waals surface area contributed by atoms with Crippen LogP contribution in [0.1, 0.15) is 79.6 Å². The molecule has 4 N–H and O–H groups in total. The third kappa shape index (κ3) is 13.5. The summed E-state index contributed by atoms with van der Waals surface area (Å²) in [6.07, 6.45) is 2.65. The summed E-state index contributed by atoms with van der Waals surface area (Å²) >= 11 is 0. The number of sulfone groups is 1. The molecule has 3 amide bonds. The number of hydrogen-bond acceptors (Lipinski definition) is 6. The van der Waals surface area contributed by atoms with Gasteiger partial charge in [0.15, 0.2) is 15.6 Å². The number of rotatable bonds is 17. The molecule has 0 saturated heterocycles. The van der Waals surface area contributed by atoms with Gasteiger partial charge in [-0.15, -0.1) is 0 Å². The number of nitrogens with one attached hydrogen (secondary N) is 2. The molecule has 0 rings (SSSR count). The molecule has 0 saturated carbocycles. The van der Waals surface area contributed by atoms with Gasteiger partial charge in [0.2, 0.25) is 5.91 Å². The molecule has 9 nitrogen and oxygen atoms in total. The van der Waals surface area contributed by atoms with E-state index in [-0.39, 0.29) is 42.0 Å². The second-order valence-electron chi connectivity index (χ2n) is 10.0. The van der Waals surface area contributed by atoms with E-state index in [1.54, 1.807) is 20.8 Å². The first kappa shape index (κ1) is 31.8. The first-order valence-electron chi connectivity index (χ1n) is 11.9. The molecule has 0 spiro atoms. The van der Waals surface area contributed by atoms with Gasteiger partial charge in [-0.25, -0.2) is 13.2 Å². The molecule has 34 heavy (non-hydrogen) atoms. The molecule has 0 aliphatic carbocycles. The Kier molecular flexibility index (Phi) is 13.9. The van der Waals surface area contributed by atoms with Gasteiger partial charge < -0.3 is 16.4 Å². The van der Waals surface area contributed by atoms with Crippen molar-refractivity contribution in [2.45, 2.75) is 85.6 Å². The molecular formula is C24H43N3O6S. The summed E-state index contributed by atoms with van der Waals surface area (Å²) in [5.41, 5.74) is 4.45. The molecule has 0 radical (unpaired) electrons. The lowest BCUT2D eigenvalue weighted by Crippen LogP contribution is -2.45. The lowest BCUT2D eigenvalue weighted by molar-refractivity contribution is -0.135. The van der Waals surface area contributed by atoms with Crippen molar-refractivity contribution in [2.75, 3.05) is 12.3 Å². The van der Waals surface area contributed by atoms with E-state index in [4.69, 9.17) is 5.73 Å². The molecule has 2 atom stereocenters. The second-order valence-corrected chi connectivity index (χ2v) is 12.1. The molecule has 0 aromatic heterocycles. The number of hydrogen-bond donors (Lipinski definition) is 3. The van der Waals surface area contributed by atoms with Gasteiger partial charge in [-0.05, 0) is 31.6 Å². The van der Waals surface area contributed by atoms with E-state index in [1.807, 2.05) is 13.8 Å². The highest BCUT2D eigenvalue weighted by molar-refractivity contribution is 7.94. The zero-order valence-corrected chi connectivity index (χ0v) is 22.1. The zero-order chi connectivity index (χ0) is 26.5. The number of primary amides is 1. The zero-order valence-electron chi connectivity index (χ0n) is 21.3. The molecule has 0 aromatic carbocycles. The van der Waals surface area contributed by atoms with Gasteiger partial charge in [-0.3, -0.25) is 14.4 Å². The van der Waals surface area contributed by atoms with Crippen molar-refractivity contribution in [2.24, 2.45) is 23.0 Å². The van der Waals surface area contributed by atoms with Crippen LogP contribution in [0.4, 0.5) is 4.79 Å². The second kappa shape index (κ2) is 14.9. The fraction of sp³-hybridized carbons (Fsp3) is 0.750. The number of carbonyl (C=O) groups is 4. The van der Waals surface area contributed by atoms with Crippen molar-refractivity contribution in [3.63, 3.8) is 0 Å². The van der Waals surface area contributed by atoms with Crippen LogP contribution < -0.4 is 16.4 Å². The van der Waals surface area contributed by atoms with E-state index in [0.29, 0.717) is 38.6 Å². The maximum absolute atomic E-state index is 13.1. The highest BCUT2D eigenvalue weighted by Crippen LogP contribution is 2.26. The van der Waals surface area contributed by atoms with Crippen LogP contribution in [-0.4, -0.2) is 50.3 Å². The monoisotopic (exact) mass is 501 g/mol. The fourth-order valence-corrected chi connectivity index (χ4v) is 4.35. The molecule has 0 bridgehead atoms. The molecule has 10 heteroatoms. The first-order chi connectivity index (χ1) is 15.6. The molecule has 0 aliphatic heterocycles. The fourth-order valence-electron chi connectivity index (χ4n) is 3.58. The van der Waals surface area contributed by atoms with E-state index in [1.165, 1.54) is 0 Å². The molecule has 0 aromatic rings. The smallest absolute Gasteiger partial charge is 0.312 e. The number of urea groups is 1. The summed E-state index contributed by atoms with van der Waals surface area (Å²) in [4.78, 5) is 49.3. The Morgan fingerprint density at radius 2 is 1.65 bits per heavy atom. The van der Waals surface area contributed by atoms with E-state index in [9.17, 15) is 27.6 Å². The third-order valence-corrected chi connectivity index (χ3v) is 6.87. The Labute approximate surface area is 204 Å². The molecular weight excluding hydrogens is 458 g/mol. The average molecular weight is 502 g/mol. The van der Waals surface area contributed by atoms with Gasteiger partial charge in [-0.2, -0.15) is 0 Å². The van der Waals surface area contributed by atoms with Crippen molar-refractivity contribution >= 4 is 33.3 Å². The third-order valence-electron chi connectivity index (χ3n) is 5.50. The normalized spacial score (nSPS) is 13.7.